The number of nitrogens with zero attached hydrogens (tertiary/aromatic N) is 2. The van der Waals surface area contributed by atoms with E-state index in [4.69, 9.17) is 0 Å². The predicted octanol–water partition coefficient (Wildman–Crippen LogP) is 3.31. The average Bonchev–Trinajstić information content (AvgIpc) is 2.75. The molecule has 0 aromatic carbocycles. The average molecular weight is 249 g/mol. The van der Waals surface area contributed by atoms with E-state index in [2.05, 4.69) is 41.9 Å². The van der Waals surface area contributed by atoms with Crippen LogP contribution in [0.3, 0.4) is 0 Å². The molecule has 3 nitrogen and oxygen atoms in total. The van der Waals surface area contributed by atoms with Crippen LogP contribution in [0, 0.1) is 5.92 Å². The summed E-state index contributed by atoms with van der Waals surface area (Å²) in [4.78, 5) is 0. The predicted molar refractivity (Wildman–Crippen MR) is 75.7 cm³/mol. The molecule has 1 atom stereocenters. The number of aryl methyl sites for hydroxylation is 2. The van der Waals surface area contributed by atoms with Crippen molar-refractivity contribution in [1.29, 1.82) is 0 Å². The second-order valence-electron chi connectivity index (χ2n) is 5.37. The molecule has 0 aliphatic heterocycles. The van der Waals surface area contributed by atoms with Crippen LogP contribution in [-0.2, 0) is 13.0 Å². The number of aromatic nitrogens is 2. The minimum absolute atomic E-state index is 0.494. The van der Waals surface area contributed by atoms with Gasteiger partial charge in [0.05, 0.1) is 11.4 Å². The Balaban J connectivity index is 2.14. The Hall–Kier alpha value is -0.830. The molecule has 2 rings (SSSR count). The summed E-state index contributed by atoms with van der Waals surface area (Å²) in [6.07, 6.45) is 6.58. The molecule has 1 unspecified atom stereocenters. The SMILES string of the molecule is CCNC(CC1CCC1)c1cc(CC)nn1CC. The molecular weight excluding hydrogens is 222 g/mol. The van der Waals surface area contributed by atoms with Crippen LogP contribution in [0.2, 0.25) is 0 Å². The van der Waals surface area contributed by atoms with E-state index in [1.165, 1.54) is 37.1 Å². The number of rotatable bonds is 7. The number of hydrogen-bond acceptors (Lipinski definition) is 2. The summed E-state index contributed by atoms with van der Waals surface area (Å²) in [6, 6.07) is 2.79. The molecule has 102 valence electrons. The smallest absolute Gasteiger partial charge is 0.0625 e. The summed E-state index contributed by atoms with van der Waals surface area (Å²) in [5.41, 5.74) is 2.62. The Bertz CT molecular complexity index is 366. The molecule has 0 radical (unpaired) electrons. The van der Waals surface area contributed by atoms with Gasteiger partial charge >= 0.3 is 0 Å². The molecule has 1 heterocycles. The van der Waals surface area contributed by atoms with Crippen molar-refractivity contribution in [2.75, 3.05) is 6.54 Å². The number of hydrogen-bond donors (Lipinski definition) is 1. The molecule has 0 bridgehead atoms. The van der Waals surface area contributed by atoms with E-state index in [1.54, 1.807) is 0 Å². The van der Waals surface area contributed by atoms with E-state index in [-0.39, 0.29) is 0 Å². The van der Waals surface area contributed by atoms with Gasteiger partial charge in [0.2, 0.25) is 0 Å². The van der Waals surface area contributed by atoms with E-state index in [0.717, 1.165) is 25.4 Å². The molecule has 3 heteroatoms. The van der Waals surface area contributed by atoms with Gasteiger partial charge in [-0.2, -0.15) is 5.10 Å². The van der Waals surface area contributed by atoms with Crippen molar-refractivity contribution in [3.63, 3.8) is 0 Å². The van der Waals surface area contributed by atoms with Crippen molar-refractivity contribution in [2.45, 2.75) is 65.5 Å². The molecule has 1 fully saturated rings. The minimum Gasteiger partial charge on any atom is -0.309 e. The van der Waals surface area contributed by atoms with Crippen LogP contribution in [-0.4, -0.2) is 16.3 Å². The third-order valence-corrected chi connectivity index (χ3v) is 4.12. The van der Waals surface area contributed by atoms with Crippen LogP contribution in [0.4, 0.5) is 0 Å². The molecule has 1 aromatic heterocycles. The van der Waals surface area contributed by atoms with E-state index in [0.29, 0.717) is 6.04 Å². The topological polar surface area (TPSA) is 29.9 Å². The summed E-state index contributed by atoms with van der Waals surface area (Å²) in [5, 5.41) is 8.33. The normalized spacial score (nSPS) is 17.7. The van der Waals surface area contributed by atoms with Gasteiger partial charge in [-0.3, -0.25) is 4.68 Å². The molecule has 1 saturated carbocycles. The van der Waals surface area contributed by atoms with Gasteiger partial charge in [0.1, 0.15) is 0 Å². The molecule has 1 aliphatic rings. The van der Waals surface area contributed by atoms with Gasteiger partial charge in [-0.15, -0.1) is 0 Å². The fraction of sp³-hybridized carbons (Fsp3) is 0.800. The van der Waals surface area contributed by atoms with Crippen LogP contribution >= 0.6 is 0 Å². The molecule has 1 aromatic rings. The van der Waals surface area contributed by atoms with Crippen LogP contribution in [0.15, 0.2) is 6.07 Å². The van der Waals surface area contributed by atoms with E-state index >= 15 is 0 Å². The van der Waals surface area contributed by atoms with Gasteiger partial charge in [0.25, 0.3) is 0 Å². The Morgan fingerprint density at radius 2 is 2.17 bits per heavy atom. The van der Waals surface area contributed by atoms with Crippen molar-refractivity contribution in [2.24, 2.45) is 5.92 Å². The largest absolute Gasteiger partial charge is 0.309 e. The summed E-state index contributed by atoms with van der Waals surface area (Å²) in [7, 11) is 0. The maximum atomic E-state index is 4.68. The maximum absolute atomic E-state index is 4.68. The Morgan fingerprint density at radius 1 is 1.39 bits per heavy atom. The zero-order valence-corrected chi connectivity index (χ0v) is 12.1. The standard InChI is InChI=1S/C15H27N3/c1-4-13-11-15(18(6-3)17-13)14(16-5-2)10-12-8-7-9-12/h11-12,14,16H,4-10H2,1-3H3. The maximum Gasteiger partial charge on any atom is 0.0625 e. The van der Waals surface area contributed by atoms with Crippen molar-refractivity contribution in [1.82, 2.24) is 15.1 Å². The second-order valence-corrected chi connectivity index (χ2v) is 5.37. The lowest BCUT2D eigenvalue weighted by Crippen LogP contribution is -2.27. The second kappa shape index (κ2) is 6.37. The molecular formula is C15H27N3. The van der Waals surface area contributed by atoms with Gasteiger partial charge in [-0.25, -0.2) is 0 Å². The summed E-state index contributed by atoms with van der Waals surface area (Å²) < 4.78 is 2.19. The third-order valence-electron chi connectivity index (χ3n) is 4.12. The fourth-order valence-corrected chi connectivity index (χ4v) is 2.81. The van der Waals surface area contributed by atoms with E-state index < -0.39 is 0 Å². The molecule has 18 heavy (non-hydrogen) atoms. The van der Waals surface area contributed by atoms with Crippen molar-refractivity contribution in [3.05, 3.63) is 17.5 Å². The first-order chi connectivity index (χ1) is 8.78. The lowest BCUT2D eigenvalue weighted by Gasteiger charge is -2.30. The molecule has 0 spiro atoms. The summed E-state index contributed by atoms with van der Waals surface area (Å²) in [5.74, 6) is 0.930. The Morgan fingerprint density at radius 3 is 2.67 bits per heavy atom. The van der Waals surface area contributed by atoms with Crippen molar-refractivity contribution >= 4 is 0 Å². The highest BCUT2D eigenvalue weighted by atomic mass is 15.3. The highest BCUT2D eigenvalue weighted by Crippen LogP contribution is 2.34. The highest BCUT2D eigenvalue weighted by molar-refractivity contribution is 5.15. The van der Waals surface area contributed by atoms with Crippen molar-refractivity contribution < 1.29 is 0 Å². The first-order valence-corrected chi connectivity index (χ1v) is 7.58. The first-order valence-electron chi connectivity index (χ1n) is 7.58. The van der Waals surface area contributed by atoms with Gasteiger partial charge in [-0.1, -0.05) is 33.1 Å². The molecule has 1 N–H and O–H groups in total. The fourth-order valence-electron chi connectivity index (χ4n) is 2.81. The number of nitrogens with one attached hydrogen (secondary N) is 1. The summed E-state index contributed by atoms with van der Waals surface area (Å²) in [6.45, 7) is 8.57. The zero-order valence-electron chi connectivity index (χ0n) is 12.1. The van der Waals surface area contributed by atoms with Crippen LogP contribution in [0.25, 0.3) is 0 Å². The van der Waals surface area contributed by atoms with E-state index in [9.17, 15) is 0 Å². The summed E-state index contributed by atoms with van der Waals surface area (Å²) >= 11 is 0. The van der Waals surface area contributed by atoms with Crippen LogP contribution in [0.5, 0.6) is 0 Å². The van der Waals surface area contributed by atoms with Gasteiger partial charge < -0.3 is 5.32 Å². The Labute approximate surface area is 111 Å². The van der Waals surface area contributed by atoms with Gasteiger partial charge in [0.15, 0.2) is 0 Å². The van der Waals surface area contributed by atoms with Gasteiger partial charge in [-0.05, 0) is 38.3 Å². The monoisotopic (exact) mass is 249 g/mol. The van der Waals surface area contributed by atoms with Crippen molar-refractivity contribution in [3.8, 4) is 0 Å². The van der Waals surface area contributed by atoms with E-state index in [1.807, 2.05) is 0 Å². The molecule has 1 aliphatic carbocycles. The van der Waals surface area contributed by atoms with Crippen LogP contribution in [0.1, 0.15) is 63.9 Å². The minimum atomic E-state index is 0.494. The lowest BCUT2D eigenvalue weighted by molar-refractivity contribution is 0.257. The zero-order chi connectivity index (χ0) is 13.0. The third kappa shape index (κ3) is 2.94. The quantitative estimate of drug-likeness (QED) is 0.803. The molecule has 0 saturated heterocycles. The highest BCUT2D eigenvalue weighted by Gasteiger charge is 2.24. The van der Waals surface area contributed by atoms with Crippen LogP contribution < -0.4 is 5.32 Å². The first kappa shape index (κ1) is 13.6. The van der Waals surface area contributed by atoms with Gasteiger partial charge in [0, 0.05) is 12.6 Å². The Kier molecular flexibility index (Phi) is 4.81. The molecule has 0 amide bonds. The lowest BCUT2D eigenvalue weighted by atomic mass is 9.80.